The van der Waals surface area contributed by atoms with Crippen LogP contribution in [0.2, 0.25) is 0 Å². The lowest BCUT2D eigenvalue weighted by Gasteiger charge is -2.14. The molecule has 0 saturated carbocycles. The predicted molar refractivity (Wildman–Crippen MR) is 121 cm³/mol. The number of benzene rings is 2. The van der Waals surface area contributed by atoms with Crippen molar-refractivity contribution >= 4 is 23.1 Å². The Morgan fingerprint density at radius 1 is 0.968 bits per heavy atom. The predicted octanol–water partition coefficient (Wildman–Crippen LogP) is 4.53. The lowest BCUT2D eigenvalue weighted by molar-refractivity contribution is 0.261. The maximum Gasteiger partial charge on any atom is 0.323 e. The highest BCUT2D eigenvalue weighted by molar-refractivity contribution is 6.01. The average Bonchev–Trinajstić information content (AvgIpc) is 2.75. The number of pyridine rings is 1. The number of ether oxygens (including phenoxy) is 1. The Kier molecular flexibility index (Phi) is 5.66. The first-order valence-electron chi connectivity index (χ1n) is 9.84. The third kappa shape index (κ3) is 4.72. The van der Waals surface area contributed by atoms with E-state index in [-0.39, 0.29) is 18.2 Å². The maximum atomic E-state index is 12.4. The number of fused-ring (bicyclic) bond motifs is 1. The molecule has 0 bridgehead atoms. The number of anilines is 2. The van der Waals surface area contributed by atoms with Crippen molar-refractivity contribution in [2.24, 2.45) is 0 Å². The molecule has 0 aliphatic carbocycles. The van der Waals surface area contributed by atoms with E-state index >= 15 is 0 Å². The summed E-state index contributed by atoms with van der Waals surface area (Å²) in [6.45, 7) is 3.94. The number of aromatic nitrogens is 2. The van der Waals surface area contributed by atoms with Gasteiger partial charge in [0.25, 0.3) is 5.56 Å². The number of para-hydroxylation sites is 3. The smallest absolute Gasteiger partial charge is 0.323 e. The number of nitrogens with one attached hydrogen (secondary N) is 2. The fourth-order valence-electron chi connectivity index (χ4n) is 3.17. The first-order valence-corrected chi connectivity index (χ1v) is 9.84. The lowest BCUT2D eigenvalue weighted by atomic mass is 10.2. The average molecular weight is 414 g/mol. The summed E-state index contributed by atoms with van der Waals surface area (Å²) in [6, 6.07) is 19.4. The molecule has 2 heterocycles. The summed E-state index contributed by atoms with van der Waals surface area (Å²) in [5, 5.41) is 5.64. The van der Waals surface area contributed by atoms with Crippen molar-refractivity contribution < 1.29 is 9.53 Å². The van der Waals surface area contributed by atoms with Gasteiger partial charge in [0.05, 0.1) is 11.4 Å². The zero-order chi connectivity index (χ0) is 21.8. The van der Waals surface area contributed by atoms with Crippen LogP contribution in [0.5, 0.6) is 5.75 Å². The molecule has 0 radical (unpaired) electrons. The summed E-state index contributed by atoms with van der Waals surface area (Å²) < 4.78 is 7.38. The Morgan fingerprint density at radius 2 is 1.68 bits per heavy atom. The summed E-state index contributed by atoms with van der Waals surface area (Å²) in [5.41, 5.74) is 4.08. The molecular formula is C24H22N4O3. The van der Waals surface area contributed by atoms with E-state index in [0.29, 0.717) is 22.8 Å². The molecule has 0 spiro atoms. The van der Waals surface area contributed by atoms with Gasteiger partial charge in [-0.25, -0.2) is 9.78 Å². The van der Waals surface area contributed by atoms with E-state index in [4.69, 9.17) is 4.74 Å². The molecule has 0 unspecified atom stereocenters. The van der Waals surface area contributed by atoms with Gasteiger partial charge in [-0.05, 0) is 49.2 Å². The molecule has 4 aromatic rings. The lowest BCUT2D eigenvalue weighted by Crippen LogP contribution is -2.20. The van der Waals surface area contributed by atoms with Gasteiger partial charge in [0.2, 0.25) is 0 Å². The van der Waals surface area contributed by atoms with E-state index in [1.54, 1.807) is 30.5 Å². The highest BCUT2D eigenvalue weighted by atomic mass is 16.5. The van der Waals surface area contributed by atoms with Crippen molar-refractivity contribution in [1.29, 1.82) is 0 Å². The van der Waals surface area contributed by atoms with Gasteiger partial charge in [0.1, 0.15) is 18.0 Å². The normalized spacial score (nSPS) is 10.6. The second kappa shape index (κ2) is 8.71. The summed E-state index contributed by atoms with van der Waals surface area (Å²) >= 11 is 0. The summed E-state index contributed by atoms with van der Waals surface area (Å²) in [4.78, 5) is 29.3. The summed E-state index contributed by atoms with van der Waals surface area (Å²) in [5.74, 6) is 0.480. The van der Waals surface area contributed by atoms with Crippen molar-refractivity contribution in [3.63, 3.8) is 0 Å². The molecule has 156 valence electrons. The van der Waals surface area contributed by atoms with Crippen LogP contribution in [-0.4, -0.2) is 15.4 Å². The first kappa shape index (κ1) is 20.2. The van der Waals surface area contributed by atoms with Gasteiger partial charge in [-0.3, -0.25) is 9.20 Å². The molecule has 0 aliphatic heterocycles. The Labute approximate surface area is 179 Å². The number of urea groups is 1. The highest BCUT2D eigenvalue weighted by Crippen LogP contribution is 2.25. The third-order valence-electron chi connectivity index (χ3n) is 4.76. The van der Waals surface area contributed by atoms with Gasteiger partial charge in [0, 0.05) is 18.0 Å². The van der Waals surface area contributed by atoms with Crippen LogP contribution in [0.15, 0.2) is 77.7 Å². The Bertz CT molecular complexity index is 1310. The van der Waals surface area contributed by atoms with Gasteiger partial charge in [-0.2, -0.15) is 0 Å². The molecule has 2 N–H and O–H groups in total. The molecule has 0 saturated heterocycles. The van der Waals surface area contributed by atoms with Crippen molar-refractivity contribution in [3.8, 4) is 5.75 Å². The molecule has 2 aromatic heterocycles. The number of carbonyl (C=O) groups excluding carboxylic acids is 1. The molecule has 2 amide bonds. The van der Waals surface area contributed by atoms with E-state index in [9.17, 15) is 9.59 Å². The Morgan fingerprint density at radius 3 is 2.48 bits per heavy atom. The number of rotatable bonds is 5. The standard InChI is InChI=1S/C24H22N4O3/c1-16-11-12-22-25-18(13-23(29)28(22)14-16)15-31-21-10-6-5-9-20(21)27-24(30)26-19-8-4-3-7-17(19)2/h3-14H,15H2,1-2H3,(H2,26,27,30). The monoisotopic (exact) mass is 414 g/mol. The summed E-state index contributed by atoms with van der Waals surface area (Å²) in [6.07, 6.45) is 1.75. The molecule has 0 fully saturated rings. The van der Waals surface area contributed by atoms with Crippen LogP contribution in [0, 0.1) is 13.8 Å². The molecule has 7 nitrogen and oxygen atoms in total. The van der Waals surface area contributed by atoms with Crippen molar-refractivity contribution in [1.82, 2.24) is 9.38 Å². The quantitative estimate of drug-likeness (QED) is 0.502. The van der Waals surface area contributed by atoms with Gasteiger partial charge < -0.3 is 15.4 Å². The van der Waals surface area contributed by atoms with E-state index in [2.05, 4.69) is 15.6 Å². The second-order valence-electron chi connectivity index (χ2n) is 7.20. The summed E-state index contributed by atoms with van der Waals surface area (Å²) in [7, 11) is 0. The van der Waals surface area contributed by atoms with Crippen LogP contribution in [0.1, 0.15) is 16.8 Å². The van der Waals surface area contributed by atoms with E-state index in [1.165, 1.54) is 10.5 Å². The van der Waals surface area contributed by atoms with Crippen molar-refractivity contribution in [3.05, 3.63) is 100 Å². The van der Waals surface area contributed by atoms with Gasteiger partial charge >= 0.3 is 6.03 Å². The highest BCUT2D eigenvalue weighted by Gasteiger charge is 2.10. The number of nitrogens with zero attached hydrogens (tertiary/aromatic N) is 2. The molecule has 7 heteroatoms. The molecule has 4 rings (SSSR count). The minimum absolute atomic E-state index is 0.0950. The zero-order valence-electron chi connectivity index (χ0n) is 17.3. The van der Waals surface area contributed by atoms with Crippen LogP contribution >= 0.6 is 0 Å². The fraction of sp³-hybridized carbons (Fsp3) is 0.125. The zero-order valence-corrected chi connectivity index (χ0v) is 17.3. The Hall–Kier alpha value is -4.13. The number of carbonyl (C=O) groups is 1. The van der Waals surface area contributed by atoms with Crippen LogP contribution in [0.4, 0.5) is 16.2 Å². The fourth-order valence-corrected chi connectivity index (χ4v) is 3.17. The van der Waals surface area contributed by atoms with E-state index in [1.807, 2.05) is 50.2 Å². The third-order valence-corrected chi connectivity index (χ3v) is 4.76. The van der Waals surface area contributed by atoms with Gasteiger partial charge in [0.15, 0.2) is 0 Å². The minimum Gasteiger partial charge on any atom is -0.485 e. The topological polar surface area (TPSA) is 84.7 Å². The van der Waals surface area contributed by atoms with Crippen LogP contribution in [-0.2, 0) is 6.61 Å². The maximum absolute atomic E-state index is 12.4. The number of hydrogen-bond donors (Lipinski definition) is 2. The van der Waals surface area contributed by atoms with Gasteiger partial charge in [-0.15, -0.1) is 0 Å². The molecular weight excluding hydrogens is 392 g/mol. The molecule has 2 aromatic carbocycles. The van der Waals surface area contributed by atoms with Crippen LogP contribution in [0.25, 0.3) is 5.65 Å². The minimum atomic E-state index is -0.372. The van der Waals surface area contributed by atoms with Crippen molar-refractivity contribution in [2.75, 3.05) is 10.6 Å². The number of hydrogen-bond acceptors (Lipinski definition) is 4. The van der Waals surface area contributed by atoms with Crippen LogP contribution < -0.4 is 20.9 Å². The molecule has 0 atom stereocenters. The first-order chi connectivity index (χ1) is 15.0. The number of aryl methyl sites for hydroxylation is 2. The van der Waals surface area contributed by atoms with Crippen molar-refractivity contribution in [2.45, 2.75) is 20.5 Å². The second-order valence-corrected chi connectivity index (χ2v) is 7.20. The van der Waals surface area contributed by atoms with Crippen LogP contribution in [0.3, 0.4) is 0 Å². The van der Waals surface area contributed by atoms with E-state index in [0.717, 1.165) is 16.8 Å². The Balaban J connectivity index is 1.48. The SMILES string of the molecule is Cc1ccc2nc(COc3ccccc3NC(=O)Nc3ccccc3C)cc(=O)n2c1. The van der Waals surface area contributed by atoms with Gasteiger partial charge in [-0.1, -0.05) is 36.4 Å². The van der Waals surface area contributed by atoms with E-state index < -0.39 is 0 Å². The molecule has 0 aliphatic rings. The molecule has 31 heavy (non-hydrogen) atoms. The largest absolute Gasteiger partial charge is 0.485 e. The number of amides is 2.